The van der Waals surface area contributed by atoms with Crippen molar-refractivity contribution in [3.05, 3.63) is 82.9 Å². The monoisotopic (exact) mass is 366 g/mol. The highest BCUT2D eigenvalue weighted by Gasteiger charge is 2.10. The van der Waals surface area contributed by atoms with Crippen LogP contribution in [0.4, 0.5) is 4.39 Å². The topological polar surface area (TPSA) is 91.9 Å². The highest BCUT2D eigenvalue weighted by molar-refractivity contribution is 5.94. The third kappa shape index (κ3) is 4.27. The molecule has 27 heavy (non-hydrogen) atoms. The Bertz CT molecular complexity index is 1040. The van der Waals surface area contributed by atoms with Crippen molar-refractivity contribution in [1.82, 2.24) is 5.43 Å². The van der Waals surface area contributed by atoms with Crippen LogP contribution in [0.15, 0.2) is 64.1 Å². The van der Waals surface area contributed by atoms with Crippen LogP contribution in [0.1, 0.15) is 32.0 Å². The van der Waals surface area contributed by atoms with E-state index in [1.807, 2.05) is 0 Å². The van der Waals surface area contributed by atoms with Crippen LogP contribution < -0.4 is 5.43 Å². The molecule has 0 aliphatic rings. The van der Waals surface area contributed by atoms with Gasteiger partial charge in [0.05, 0.1) is 11.8 Å². The second kappa shape index (κ2) is 7.65. The molecular weight excluding hydrogens is 351 g/mol. The second-order valence-corrected chi connectivity index (χ2v) is 5.75. The van der Waals surface area contributed by atoms with Gasteiger partial charge in [-0.15, -0.1) is 0 Å². The van der Waals surface area contributed by atoms with Gasteiger partial charge < -0.3 is 9.52 Å². The first-order chi connectivity index (χ1) is 12.9. The number of carbonyl (C=O) groups excluding carboxylic acids is 1. The molecule has 0 fully saturated rings. The van der Waals surface area contributed by atoms with E-state index in [4.69, 9.17) is 9.52 Å². The van der Waals surface area contributed by atoms with Crippen LogP contribution in [0.3, 0.4) is 0 Å². The van der Waals surface area contributed by atoms with Gasteiger partial charge >= 0.3 is 5.97 Å². The van der Waals surface area contributed by atoms with Gasteiger partial charge in [0.25, 0.3) is 5.91 Å². The number of carbonyl (C=O) groups is 2. The Labute approximate surface area is 153 Å². The number of hydrogen-bond acceptors (Lipinski definition) is 4. The molecule has 0 bridgehead atoms. The minimum atomic E-state index is -0.994. The lowest BCUT2D eigenvalue weighted by atomic mass is 10.0. The molecule has 7 heteroatoms. The predicted molar refractivity (Wildman–Crippen MR) is 97.3 cm³/mol. The molecule has 1 aromatic heterocycles. The molecule has 2 aromatic carbocycles. The Balaban J connectivity index is 1.70. The number of amides is 1. The van der Waals surface area contributed by atoms with Gasteiger partial charge in [0.2, 0.25) is 0 Å². The molecule has 0 aliphatic carbocycles. The zero-order valence-electron chi connectivity index (χ0n) is 14.3. The highest BCUT2D eigenvalue weighted by Crippen LogP contribution is 2.26. The molecule has 3 rings (SSSR count). The minimum Gasteiger partial charge on any atom is -0.478 e. The summed E-state index contributed by atoms with van der Waals surface area (Å²) in [4.78, 5) is 22.9. The maximum Gasteiger partial charge on any atom is 0.335 e. The standard InChI is InChI=1S/C20H15FN2O4/c1-12-9-14(20(25)26)5-7-17(12)18-8-6-16(27-18)11-22-23-19(24)13-3-2-4-15(21)10-13/h2-11H,1H3,(H,23,24)(H,25,26)/b22-11-. The molecule has 0 saturated heterocycles. The first kappa shape index (κ1) is 18.1. The number of aryl methyl sites for hydroxylation is 1. The molecule has 0 radical (unpaired) electrons. The number of aromatic carboxylic acids is 1. The SMILES string of the molecule is Cc1cc(C(=O)O)ccc1-c1ccc(/C=N\NC(=O)c2cccc(F)c2)o1. The van der Waals surface area contributed by atoms with Crippen molar-refractivity contribution in [2.24, 2.45) is 5.10 Å². The fourth-order valence-electron chi connectivity index (χ4n) is 2.49. The summed E-state index contributed by atoms with van der Waals surface area (Å²) in [6.45, 7) is 1.79. The molecule has 0 spiro atoms. The van der Waals surface area contributed by atoms with Gasteiger partial charge in [-0.3, -0.25) is 4.79 Å². The zero-order valence-corrected chi connectivity index (χ0v) is 14.3. The molecule has 0 saturated carbocycles. The molecule has 1 heterocycles. The van der Waals surface area contributed by atoms with Crippen molar-refractivity contribution in [2.45, 2.75) is 6.92 Å². The second-order valence-electron chi connectivity index (χ2n) is 5.75. The molecule has 0 aliphatic heterocycles. The van der Waals surface area contributed by atoms with Crippen LogP contribution >= 0.6 is 0 Å². The lowest BCUT2D eigenvalue weighted by Crippen LogP contribution is -2.17. The summed E-state index contributed by atoms with van der Waals surface area (Å²) in [5, 5.41) is 12.8. The summed E-state index contributed by atoms with van der Waals surface area (Å²) in [5.74, 6) is -1.11. The van der Waals surface area contributed by atoms with Crippen LogP contribution in [0, 0.1) is 12.7 Å². The normalized spacial score (nSPS) is 10.9. The van der Waals surface area contributed by atoms with Crippen LogP contribution in [-0.2, 0) is 0 Å². The Morgan fingerprint density at radius 2 is 1.93 bits per heavy atom. The first-order valence-electron chi connectivity index (χ1n) is 7.97. The molecule has 2 N–H and O–H groups in total. The number of hydrazone groups is 1. The van der Waals surface area contributed by atoms with Gasteiger partial charge in [-0.25, -0.2) is 14.6 Å². The van der Waals surface area contributed by atoms with Gasteiger partial charge in [-0.1, -0.05) is 12.1 Å². The molecular formula is C20H15FN2O4. The number of nitrogens with one attached hydrogen (secondary N) is 1. The summed E-state index contributed by atoms with van der Waals surface area (Å²) in [7, 11) is 0. The average molecular weight is 366 g/mol. The van der Waals surface area contributed by atoms with E-state index >= 15 is 0 Å². The number of furan rings is 1. The van der Waals surface area contributed by atoms with E-state index in [-0.39, 0.29) is 11.1 Å². The van der Waals surface area contributed by atoms with Gasteiger partial charge in [0, 0.05) is 11.1 Å². The van der Waals surface area contributed by atoms with E-state index in [1.54, 1.807) is 31.2 Å². The molecule has 0 atom stereocenters. The average Bonchev–Trinajstić information content (AvgIpc) is 3.10. The number of rotatable bonds is 5. The van der Waals surface area contributed by atoms with Crippen molar-refractivity contribution in [3.63, 3.8) is 0 Å². The number of carboxylic acids is 1. The summed E-state index contributed by atoms with van der Waals surface area (Å²) in [5.41, 5.74) is 4.16. The molecule has 3 aromatic rings. The maximum absolute atomic E-state index is 13.1. The largest absolute Gasteiger partial charge is 0.478 e. The van der Waals surface area contributed by atoms with Crippen molar-refractivity contribution in [3.8, 4) is 11.3 Å². The van der Waals surface area contributed by atoms with Crippen molar-refractivity contribution < 1.29 is 23.5 Å². The van der Waals surface area contributed by atoms with E-state index in [0.29, 0.717) is 11.5 Å². The number of halogens is 1. The van der Waals surface area contributed by atoms with Crippen LogP contribution in [0.5, 0.6) is 0 Å². The minimum absolute atomic E-state index is 0.154. The Kier molecular flexibility index (Phi) is 5.12. The van der Waals surface area contributed by atoms with Gasteiger partial charge in [-0.2, -0.15) is 5.10 Å². The van der Waals surface area contributed by atoms with Crippen molar-refractivity contribution in [2.75, 3.05) is 0 Å². The number of carboxylic acid groups (broad SMARTS) is 1. The Morgan fingerprint density at radius 3 is 2.63 bits per heavy atom. The van der Waals surface area contributed by atoms with E-state index in [1.165, 1.54) is 30.5 Å². The van der Waals surface area contributed by atoms with Crippen LogP contribution in [-0.4, -0.2) is 23.2 Å². The van der Waals surface area contributed by atoms with Crippen molar-refractivity contribution >= 4 is 18.1 Å². The van der Waals surface area contributed by atoms with E-state index < -0.39 is 17.7 Å². The highest BCUT2D eigenvalue weighted by atomic mass is 19.1. The van der Waals surface area contributed by atoms with E-state index in [2.05, 4.69) is 10.5 Å². The number of hydrogen-bond donors (Lipinski definition) is 2. The Hall–Kier alpha value is -3.74. The lowest BCUT2D eigenvalue weighted by molar-refractivity contribution is 0.0696. The quantitative estimate of drug-likeness (QED) is 0.530. The molecule has 136 valence electrons. The number of nitrogens with zero attached hydrogens (tertiary/aromatic N) is 1. The van der Waals surface area contributed by atoms with E-state index in [0.717, 1.165) is 17.2 Å². The lowest BCUT2D eigenvalue weighted by Gasteiger charge is -2.03. The fraction of sp³-hybridized carbons (Fsp3) is 0.0500. The van der Waals surface area contributed by atoms with Gasteiger partial charge in [-0.05, 0) is 55.0 Å². The third-order valence-electron chi connectivity index (χ3n) is 3.81. The maximum atomic E-state index is 13.1. The predicted octanol–water partition coefficient (Wildman–Crippen LogP) is 3.86. The fourth-order valence-corrected chi connectivity index (χ4v) is 2.49. The Morgan fingerprint density at radius 1 is 1.11 bits per heavy atom. The zero-order chi connectivity index (χ0) is 19.4. The summed E-state index contributed by atoms with van der Waals surface area (Å²) >= 11 is 0. The molecule has 6 nitrogen and oxygen atoms in total. The van der Waals surface area contributed by atoms with Crippen LogP contribution in [0.2, 0.25) is 0 Å². The van der Waals surface area contributed by atoms with Gasteiger partial charge in [0.15, 0.2) is 0 Å². The summed E-state index contributed by atoms with van der Waals surface area (Å²) in [6.07, 6.45) is 1.32. The van der Waals surface area contributed by atoms with E-state index in [9.17, 15) is 14.0 Å². The third-order valence-corrected chi connectivity index (χ3v) is 3.81. The molecule has 1 amide bonds. The summed E-state index contributed by atoms with van der Waals surface area (Å²) < 4.78 is 18.8. The smallest absolute Gasteiger partial charge is 0.335 e. The summed E-state index contributed by atoms with van der Waals surface area (Å²) in [6, 6.07) is 13.4. The van der Waals surface area contributed by atoms with Gasteiger partial charge in [0.1, 0.15) is 17.3 Å². The first-order valence-corrected chi connectivity index (χ1v) is 7.97. The number of benzene rings is 2. The van der Waals surface area contributed by atoms with Crippen molar-refractivity contribution in [1.29, 1.82) is 0 Å². The van der Waals surface area contributed by atoms with Crippen LogP contribution in [0.25, 0.3) is 11.3 Å². The molecule has 0 unspecified atom stereocenters.